The molecule has 0 aliphatic carbocycles. The first-order chi connectivity index (χ1) is 11.3. The SMILES string of the molecule is CN(C)c1c(Cc2ccc([S@](C)(=N)=O)cc2)c(Cl)nc2ncnn12. The van der Waals surface area contributed by atoms with Crippen LogP contribution in [0.5, 0.6) is 0 Å². The number of aromatic nitrogens is 4. The standard InChI is InChI=1S/C15H17ClN6OS/c1-21(2)14-12(13(16)20-15-18-9-19-22(14)15)8-10-4-6-11(7-5-10)24(3,17)23/h4-7,9,17H,8H2,1-3H3/t24-/m1/s1. The van der Waals surface area contributed by atoms with Crippen molar-refractivity contribution in [3.8, 4) is 0 Å². The Hall–Kier alpha value is -2.19. The number of halogens is 1. The van der Waals surface area contributed by atoms with E-state index in [9.17, 15) is 4.21 Å². The van der Waals surface area contributed by atoms with Crippen LogP contribution in [0.3, 0.4) is 0 Å². The van der Waals surface area contributed by atoms with E-state index in [1.54, 1.807) is 16.6 Å². The van der Waals surface area contributed by atoms with Crippen molar-refractivity contribution in [2.75, 3.05) is 25.3 Å². The molecule has 0 saturated heterocycles. The Morgan fingerprint density at radius 1 is 1.29 bits per heavy atom. The maximum absolute atomic E-state index is 11.8. The molecule has 0 aliphatic heterocycles. The number of anilines is 1. The number of fused-ring (bicyclic) bond motifs is 1. The van der Waals surface area contributed by atoms with Gasteiger partial charge in [0.05, 0.1) is 9.73 Å². The molecular weight excluding hydrogens is 348 g/mol. The second-order valence-electron chi connectivity index (χ2n) is 5.74. The summed E-state index contributed by atoms with van der Waals surface area (Å²) in [4.78, 5) is 10.8. The zero-order valence-corrected chi connectivity index (χ0v) is 15.1. The van der Waals surface area contributed by atoms with Crippen molar-refractivity contribution in [1.82, 2.24) is 19.6 Å². The van der Waals surface area contributed by atoms with E-state index >= 15 is 0 Å². The Kier molecular flexibility index (Phi) is 4.18. The molecule has 2 heterocycles. The fourth-order valence-electron chi connectivity index (χ4n) is 2.52. The third-order valence-corrected chi connectivity index (χ3v) is 5.11. The summed E-state index contributed by atoms with van der Waals surface area (Å²) < 4.78 is 21.1. The highest BCUT2D eigenvalue weighted by Crippen LogP contribution is 2.28. The van der Waals surface area contributed by atoms with Crippen LogP contribution in [-0.2, 0) is 16.1 Å². The van der Waals surface area contributed by atoms with Gasteiger partial charge in [-0.25, -0.2) is 8.99 Å². The van der Waals surface area contributed by atoms with Gasteiger partial charge in [0.25, 0.3) is 5.78 Å². The largest absolute Gasteiger partial charge is 0.362 e. The lowest BCUT2D eigenvalue weighted by atomic mass is 10.1. The molecule has 126 valence electrons. The van der Waals surface area contributed by atoms with Crippen LogP contribution >= 0.6 is 11.6 Å². The van der Waals surface area contributed by atoms with E-state index in [1.165, 1.54) is 12.6 Å². The van der Waals surface area contributed by atoms with Gasteiger partial charge in [-0.1, -0.05) is 23.7 Å². The van der Waals surface area contributed by atoms with Crippen LogP contribution in [-0.4, -0.2) is 44.1 Å². The lowest BCUT2D eigenvalue weighted by molar-refractivity contribution is 0.679. The Morgan fingerprint density at radius 3 is 2.54 bits per heavy atom. The van der Waals surface area contributed by atoms with Crippen molar-refractivity contribution >= 4 is 32.9 Å². The molecule has 0 amide bonds. The summed E-state index contributed by atoms with van der Waals surface area (Å²) in [6, 6.07) is 7.15. The Balaban J connectivity index is 2.06. The zero-order valence-electron chi connectivity index (χ0n) is 13.5. The summed E-state index contributed by atoms with van der Waals surface area (Å²) in [6.45, 7) is 0. The Bertz CT molecular complexity index is 995. The van der Waals surface area contributed by atoms with Crippen molar-refractivity contribution in [3.05, 3.63) is 46.9 Å². The van der Waals surface area contributed by atoms with Gasteiger partial charge in [0.1, 0.15) is 17.3 Å². The summed E-state index contributed by atoms with van der Waals surface area (Å²) in [7, 11) is 1.10. The first-order valence-corrected chi connectivity index (χ1v) is 9.50. The maximum atomic E-state index is 11.8. The summed E-state index contributed by atoms with van der Waals surface area (Å²) in [5, 5.41) is 4.59. The first-order valence-electron chi connectivity index (χ1n) is 7.15. The minimum Gasteiger partial charge on any atom is -0.362 e. The first kappa shape index (κ1) is 16.7. The fraction of sp³-hybridized carbons (Fsp3) is 0.267. The van der Waals surface area contributed by atoms with Crippen molar-refractivity contribution in [2.24, 2.45) is 0 Å². The molecule has 0 spiro atoms. The topological polar surface area (TPSA) is 87.2 Å². The average Bonchev–Trinajstić information content (AvgIpc) is 2.94. The van der Waals surface area contributed by atoms with Crippen LogP contribution in [0.25, 0.3) is 5.78 Å². The summed E-state index contributed by atoms with van der Waals surface area (Å²) >= 11 is 6.37. The van der Waals surface area contributed by atoms with Gasteiger partial charge >= 0.3 is 0 Å². The molecule has 0 bridgehead atoms. The number of hydrogen-bond acceptors (Lipinski definition) is 6. The molecule has 0 aliphatic rings. The molecule has 1 N–H and O–H groups in total. The van der Waals surface area contributed by atoms with Gasteiger partial charge < -0.3 is 4.90 Å². The molecule has 3 aromatic rings. The Labute approximate surface area is 145 Å². The summed E-state index contributed by atoms with van der Waals surface area (Å²) in [5.41, 5.74) is 1.81. The third kappa shape index (κ3) is 3.07. The van der Waals surface area contributed by atoms with Crippen LogP contribution in [0.1, 0.15) is 11.1 Å². The maximum Gasteiger partial charge on any atom is 0.255 e. The molecule has 0 saturated carbocycles. The molecule has 3 rings (SSSR count). The second-order valence-corrected chi connectivity index (χ2v) is 8.25. The van der Waals surface area contributed by atoms with E-state index in [-0.39, 0.29) is 0 Å². The summed E-state index contributed by atoms with van der Waals surface area (Å²) in [6.07, 6.45) is 3.39. The molecule has 7 nitrogen and oxygen atoms in total. The van der Waals surface area contributed by atoms with E-state index in [1.807, 2.05) is 31.1 Å². The third-order valence-electron chi connectivity index (χ3n) is 3.63. The van der Waals surface area contributed by atoms with Crippen molar-refractivity contribution in [1.29, 1.82) is 4.78 Å². The molecule has 1 atom stereocenters. The molecule has 2 aromatic heterocycles. The van der Waals surface area contributed by atoms with Crippen LogP contribution < -0.4 is 4.90 Å². The minimum absolute atomic E-state index is 0.378. The van der Waals surface area contributed by atoms with Crippen LogP contribution in [0.15, 0.2) is 35.5 Å². The number of nitrogens with zero attached hydrogens (tertiary/aromatic N) is 5. The van der Waals surface area contributed by atoms with E-state index in [4.69, 9.17) is 16.4 Å². The zero-order chi connectivity index (χ0) is 17.5. The van der Waals surface area contributed by atoms with Crippen LogP contribution in [0.4, 0.5) is 5.82 Å². The fourth-order valence-corrected chi connectivity index (χ4v) is 3.40. The number of hydrogen-bond donors (Lipinski definition) is 1. The molecule has 9 heteroatoms. The van der Waals surface area contributed by atoms with Gasteiger partial charge in [-0.05, 0) is 17.7 Å². The average molecular weight is 365 g/mol. The molecule has 1 aromatic carbocycles. The normalized spacial score (nSPS) is 13.8. The lowest BCUT2D eigenvalue weighted by Gasteiger charge is -2.19. The highest BCUT2D eigenvalue weighted by molar-refractivity contribution is 7.91. The van der Waals surface area contributed by atoms with E-state index in [0.29, 0.717) is 22.2 Å². The van der Waals surface area contributed by atoms with Crippen LogP contribution in [0, 0.1) is 4.78 Å². The van der Waals surface area contributed by atoms with Gasteiger partial charge in [-0.2, -0.15) is 19.6 Å². The predicted molar refractivity (Wildman–Crippen MR) is 94.4 cm³/mol. The van der Waals surface area contributed by atoms with Gasteiger partial charge in [-0.15, -0.1) is 0 Å². The van der Waals surface area contributed by atoms with Gasteiger partial charge in [0.15, 0.2) is 0 Å². The smallest absolute Gasteiger partial charge is 0.255 e. The van der Waals surface area contributed by atoms with Crippen molar-refractivity contribution in [2.45, 2.75) is 11.3 Å². The monoisotopic (exact) mass is 364 g/mol. The Morgan fingerprint density at radius 2 is 1.96 bits per heavy atom. The van der Waals surface area contributed by atoms with Crippen molar-refractivity contribution < 1.29 is 4.21 Å². The molecule has 0 fully saturated rings. The highest BCUT2D eigenvalue weighted by atomic mass is 35.5. The van der Waals surface area contributed by atoms with Crippen LogP contribution in [0.2, 0.25) is 5.15 Å². The molecule has 24 heavy (non-hydrogen) atoms. The quantitative estimate of drug-likeness (QED) is 0.718. The molecule has 0 radical (unpaired) electrons. The lowest BCUT2D eigenvalue weighted by Crippen LogP contribution is -2.18. The molecule has 0 unspecified atom stereocenters. The highest BCUT2D eigenvalue weighted by Gasteiger charge is 2.17. The minimum atomic E-state index is -2.71. The van der Waals surface area contributed by atoms with Crippen molar-refractivity contribution in [3.63, 3.8) is 0 Å². The van der Waals surface area contributed by atoms with Gasteiger partial charge in [-0.3, -0.25) is 0 Å². The molecular formula is C15H17ClN6OS. The van der Waals surface area contributed by atoms with Gasteiger partial charge in [0.2, 0.25) is 0 Å². The number of rotatable bonds is 4. The van der Waals surface area contributed by atoms with Gasteiger partial charge in [0, 0.05) is 37.2 Å². The summed E-state index contributed by atoms with van der Waals surface area (Å²) in [5.74, 6) is 1.26. The van der Waals surface area contributed by atoms with E-state index in [2.05, 4.69) is 15.1 Å². The number of nitrogens with one attached hydrogen (secondary N) is 1. The number of benzene rings is 1. The predicted octanol–water partition coefficient (Wildman–Crippen LogP) is 2.47. The second kappa shape index (κ2) is 6.03. The van der Waals surface area contributed by atoms with E-state index in [0.717, 1.165) is 16.9 Å². The van der Waals surface area contributed by atoms with E-state index < -0.39 is 9.73 Å².